The molecule has 0 saturated heterocycles. The molecule has 1 aromatic carbocycles. The second-order valence-corrected chi connectivity index (χ2v) is 6.36. The van der Waals surface area contributed by atoms with E-state index in [1.807, 2.05) is 45.0 Å². The van der Waals surface area contributed by atoms with E-state index in [0.717, 1.165) is 17.8 Å². The summed E-state index contributed by atoms with van der Waals surface area (Å²) in [5, 5.41) is 9.07. The van der Waals surface area contributed by atoms with Gasteiger partial charge in [0.25, 0.3) is 5.91 Å². The van der Waals surface area contributed by atoms with Crippen molar-refractivity contribution in [1.29, 1.82) is 0 Å². The molecule has 0 saturated carbocycles. The molecule has 0 spiro atoms. The van der Waals surface area contributed by atoms with E-state index in [0.29, 0.717) is 12.1 Å². The van der Waals surface area contributed by atoms with Crippen molar-refractivity contribution < 1.29 is 14.7 Å². The zero-order chi connectivity index (χ0) is 18.6. The first-order valence-corrected chi connectivity index (χ1v) is 8.61. The molecule has 0 aliphatic heterocycles. The van der Waals surface area contributed by atoms with Gasteiger partial charge in [0.15, 0.2) is 0 Å². The fourth-order valence-corrected chi connectivity index (χ4v) is 3.33. The third kappa shape index (κ3) is 4.10. The van der Waals surface area contributed by atoms with Crippen LogP contribution in [0.2, 0.25) is 0 Å². The average Bonchev–Trinajstić information content (AvgIpc) is 2.88. The number of aliphatic carboxylic acids is 1. The van der Waals surface area contributed by atoms with Crippen molar-refractivity contribution in [2.75, 3.05) is 13.1 Å². The SMILES string of the molecule is CCCN(CC(=O)O)C(=O)c1cc(C)n(C(C)c2ccccc2)c1C. The fraction of sp³-hybridized carbons (Fsp3) is 0.400. The van der Waals surface area contributed by atoms with E-state index in [2.05, 4.69) is 23.6 Å². The Bertz CT molecular complexity index is 750. The lowest BCUT2D eigenvalue weighted by Gasteiger charge is -2.21. The van der Waals surface area contributed by atoms with Crippen molar-refractivity contribution in [3.8, 4) is 0 Å². The van der Waals surface area contributed by atoms with Gasteiger partial charge in [0.2, 0.25) is 0 Å². The Morgan fingerprint density at radius 1 is 1.20 bits per heavy atom. The highest BCUT2D eigenvalue weighted by molar-refractivity contribution is 5.97. The maximum Gasteiger partial charge on any atom is 0.323 e. The number of aromatic nitrogens is 1. The molecule has 0 bridgehead atoms. The zero-order valence-corrected chi connectivity index (χ0v) is 15.3. The van der Waals surface area contributed by atoms with Crippen LogP contribution in [0.5, 0.6) is 0 Å². The Morgan fingerprint density at radius 3 is 2.40 bits per heavy atom. The van der Waals surface area contributed by atoms with Crippen molar-refractivity contribution in [2.45, 2.75) is 40.2 Å². The smallest absolute Gasteiger partial charge is 0.323 e. The number of carbonyl (C=O) groups is 2. The number of benzene rings is 1. The summed E-state index contributed by atoms with van der Waals surface area (Å²) in [6.07, 6.45) is 0.720. The summed E-state index contributed by atoms with van der Waals surface area (Å²) < 4.78 is 2.13. The number of amides is 1. The summed E-state index contributed by atoms with van der Waals surface area (Å²) in [5.74, 6) is -1.21. The Labute approximate surface area is 148 Å². The normalized spacial score (nSPS) is 12.0. The largest absolute Gasteiger partial charge is 0.480 e. The van der Waals surface area contributed by atoms with Crippen molar-refractivity contribution in [1.82, 2.24) is 9.47 Å². The molecule has 2 aromatic rings. The standard InChI is InChI=1S/C20H26N2O3/c1-5-11-21(13-19(23)24)20(25)18-12-14(2)22(16(18)4)15(3)17-9-7-6-8-10-17/h6-10,12,15H,5,11,13H2,1-4H3,(H,23,24). The number of carboxylic acid groups (broad SMARTS) is 1. The molecule has 2 rings (SSSR count). The molecule has 134 valence electrons. The highest BCUT2D eigenvalue weighted by Crippen LogP contribution is 2.26. The fourth-order valence-electron chi connectivity index (χ4n) is 3.33. The van der Waals surface area contributed by atoms with Crippen LogP contribution in [0.3, 0.4) is 0 Å². The Kier molecular flexibility index (Phi) is 6.02. The van der Waals surface area contributed by atoms with Gasteiger partial charge in [0.1, 0.15) is 6.54 Å². The quantitative estimate of drug-likeness (QED) is 0.835. The second-order valence-electron chi connectivity index (χ2n) is 6.36. The van der Waals surface area contributed by atoms with Gasteiger partial charge in [0, 0.05) is 17.9 Å². The summed E-state index contributed by atoms with van der Waals surface area (Å²) in [7, 11) is 0. The highest BCUT2D eigenvalue weighted by Gasteiger charge is 2.24. The van der Waals surface area contributed by atoms with E-state index in [4.69, 9.17) is 5.11 Å². The number of rotatable bonds is 7. The molecule has 0 aliphatic carbocycles. The minimum atomic E-state index is -0.992. The maximum atomic E-state index is 12.9. The van der Waals surface area contributed by atoms with Crippen LogP contribution in [0.4, 0.5) is 0 Å². The van der Waals surface area contributed by atoms with Gasteiger partial charge in [0.05, 0.1) is 11.6 Å². The molecule has 5 heteroatoms. The molecule has 1 amide bonds. The van der Waals surface area contributed by atoms with Crippen LogP contribution in [0.25, 0.3) is 0 Å². The summed E-state index contributed by atoms with van der Waals surface area (Å²) in [5.41, 5.74) is 3.60. The van der Waals surface area contributed by atoms with E-state index in [-0.39, 0.29) is 18.5 Å². The third-order valence-electron chi connectivity index (χ3n) is 4.49. The van der Waals surface area contributed by atoms with E-state index >= 15 is 0 Å². The maximum absolute atomic E-state index is 12.9. The van der Waals surface area contributed by atoms with Gasteiger partial charge in [-0.2, -0.15) is 0 Å². The predicted octanol–water partition coefficient (Wildman–Crippen LogP) is 3.65. The monoisotopic (exact) mass is 342 g/mol. The van der Waals surface area contributed by atoms with Crippen LogP contribution in [0.15, 0.2) is 36.4 Å². The molecule has 0 fully saturated rings. The highest BCUT2D eigenvalue weighted by atomic mass is 16.4. The number of carbonyl (C=O) groups excluding carboxylic acids is 1. The van der Waals surface area contributed by atoms with Gasteiger partial charge < -0.3 is 14.6 Å². The topological polar surface area (TPSA) is 62.5 Å². The third-order valence-corrected chi connectivity index (χ3v) is 4.49. The van der Waals surface area contributed by atoms with Gasteiger partial charge >= 0.3 is 5.97 Å². The van der Waals surface area contributed by atoms with Crippen LogP contribution in [-0.2, 0) is 4.79 Å². The van der Waals surface area contributed by atoms with E-state index < -0.39 is 5.97 Å². The lowest BCUT2D eigenvalue weighted by atomic mass is 10.1. The number of aryl methyl sites for hydroxylation is 1. The average molecular weight is 342 g/mol. The van der Waals surface area contributed by atoms with E-state index in [1.165, 1.54) is 10.5 Å². The number of nitrogens with zero attached hydrogens (tertiary/aromatic N) is 2. The summed E-state index contributed by atoms with van der Waals surface area (Å²) in [6.45, 7) is 8.09. The van der Waals surface area contributed by atoms with Crippen LogP contribution in [0.1, 0.15) is 53.6 Å². The van der Waals surface area contributed by atoms with Crippen molar-refractivity contribution in [3.63, 3.8) is 0 Å². The van der Waals surface area contributed by atoms with Crippen LogP contribution in [0, 0.1) is 13.8 Å². The van der Waals surface area contributed by atoms with E-state index in [9.17, 15) is 9.59 Å². The first-order valence-electron chi connectivity index (χ1n) is 8.61. The molecule has 5 nitrogen and oxygen atoms in total. The van der Waals surface area contributed by atoms with Gasteiger partial charge in [-0.25, -0.2) is 0 Å². The minimum absolute atomic E-state index is 0.0989. The van der Waals surface area contributed by atoms with Gasteiger partial charge in [-0.15, -0.1) is 0 Å². The van der Waals surface area contributed by atoms with Crippen LogP contribution < -0.4 is 0 Å². The van der Waals surface area contributed by atoms with Gasteiger partial charge in [-0.1, -0.05) is 37.3 Å². The Hall–Kier alpha value is -2.56. The molecule has 0 aliphatic rings. The number of hydrogen-bond acceptors (Lipinski definition) is 2. The number of carboxylic acids is 1. The first-order chi connectivity index (χ1) is 11.9. The molecule has 1 heterocycles. The predicted molar refractivity (Wildman–Crippen MR) is 98.0 cm³/mol. The molecule has 25 heavy (non-hydrogen) atoms. The molecular formula is C20H26N2O3. The van der Waals surface area contributed by atoms with E-state index in [1.54, 1.807) is 0 Å². The molecule has 1 unspecified atom stereocenters. The second kappa shape index (κ2) is 8.01. The van der Waals surface area contributed by atoms with Crippen LogP contribution >= 0.6 is 0 Å². The summed E-state index contributed by atoms with van der Waals surface area (Å²) in [4.78, 5) is 25.3. The minimum Gasteiger partial charge on any atom is -0.480 e. The van der Waals surface area contributed by atoms with Gasteiger partial charge in [-0.05, 0) is 38.8 Å². The Balaban J connectivity index is 2.38. The van der Waals surface area contributed by atoms with Crippen LogP contribution in [-0.4, -0.2) is 39.5 Å². The lowest BCUT2D eigenvalue weighted by Crippen LogP contribution is -2.36. The summed E-state index contributed by atoms with van der Waals surface area (Å²) in [6, 6.07) is 12.1. The zero-order valence-electron chi connectivity index (χ0n) is 15.3. The summed E-state index contributed by atoms with van der Waals surface area (Å²) >= 11 is 0. The number of hydrogen-bond donors (Lipinski definition) is 1. The molecule has 1 atom stereocenters. The Morgan fingerprint density at radius 2 is 1.84 bits per heavy atom. The van der Waals surface area contributed by atoms with Crippen molar-refractivity contribution in [3.05, 3.63) is 58.9 Å². The first kappa shape index (κ1) is 18.8. The molecular weight excluding hydrogens is 316 g/mol. The molecule has 1 N–H and O–H groups in total. The van der Waals surface area contributed by atoms with Crippen molar-refractivity contribution >= 4 is 11.9 Å². The molecule has 0 radical (unpaired) electrons. The lowest BCUT2D eigenvalue weighted by molar-refractivity contribution is -0.137. The van der Waals surface area contributed by atoms with Gasteiger partial charge in [-0.3, -0.25) is 9.59 Å². The van der Waals surface area contributed by atoms with Crippen molar-refractivity contribution in [2.24, 2.45) is 0 Å². The molecule has 1 aromatic heterocycles.